The number of carbonyl (C=O) groups excluding carboxylic acids is 1. The number of aromatic nitrogens is 1. The number of anilines is 1. The number of benzene rings is 1. The van der Waals surface area contributed by atoms with Gasteiger partial charge < -0.3 is 14.8 Å². The molecule has 0 unspecified atom stereocenters. The fourth-order valence-electron chi connectivity index (χ4n) is 1.99. The number of hydrogen-bond donors (Lipinski definition) is 1. The van der Waals surface area contributed by atoms with E-state index < -0.39 is 0 Å². The largest absolute Gasteiger partial charge is 0.454 e. The third kappa shape index (κ3) is 2.88. The number of ether oxygens (including phenoxy) is 2. The van der Waals surface area contributed by atoms with Gasteiger partial charge in [0.05, 0.1) is 0 Å². The topological polar surface area (TPSA) is 60.5 Å². The molecular weight excluding hydrogens is 256 g/mol. The number of hydrogen-bond acceptors (Lipinski definition) is 4. The summed E-state index contributed by atoms with van der Waals surface area (Å²) in [7, 11) is 0. The van der Waals surface area contributed by atoms with Crippen molar-refractivity contribution in [2.45, 2.75) is 12.8 Å². The smallest absolute Gasteiger partial charge is 0.231 e. The van der Waals surface area contributed by atoms with Gasteiger partial charge >= 0.3 is 0 Å². The van der Waals surface area contributed by atoms with Crippen molar-refractivity contribution in [3.05, 3.63) is 48.3 Å². The molecule has 5 nitrogen and oxygen atoms in total. The van der Waals surface area contributed by atoms with Crippen LogP contribution in [0.1, 0.15) is 12.1 Å². The number of nitrogens with one attached hydrogen (secondary N) is 1. The Morgan fingerprint density at radius 1 is 1.20 bits per heavy atom. The summed E-state index contributed by atoms with van der Waals surface area (Å²) in [6.45, 7) is 0.229. The molecule has 0 saturated carbocycles. The Labute approximate surface area is 116 Å². The fourth-order valence-corrected chi connectivity index (χ4v) is 1.99. The van der Waals surface area contributed by atoms with Crippen LogP contribution < -0.4 is 14.8 Å². The predicted molar refractivity (Wildman–Crippen MR) is 73.8 cm³/mol. The normalized spacial score (nSPS) is 12.2. The Kier molecular flexibility index (Phi) is 3.50. The first-order chi connectivity index (χ1) is 9.81. The molecule has 3 rings (SSSR count). The van der Waals surface area contributed by atoms with Crippen molar-refractivity contribution >= 4 is 11.6 Å². The molecule has 0 atom stereocenters. The summed E-state index contributed by atoms with van der Waals surface area (Å²) in [6.07, 6.45) is 2.74. The maximum absolute atomic E-state index is 11.9. The first-order valence-electron chi connectivity index (χ1n) is 6.41. The zero-order valence-corrected chi connectivity index (χ0v) is 10.8. The van der Waals surface area contributed by atoms with Crippen molar-refractivity contribution in [2.24, 2.45) is 0 Å². The number of nitrogens with zero attached hydrogens (tertiary/aromatic N) is 1. The Morgan fingerprint density at radius 2 is 2.10 bits per heavy atom. The van der Waals surface area contributed by atoms with Crippen molar-refractivity contribution in [3.63, 3.8) is 0 Å². The molecule has 5 heteroatoms. The maximum Gasteiger partial charge on any atom is 0.231 e. The van der Waals surface area contributed by atoms with Gasteiger partial charge in [0.1, 0.15) is 0 Å². The average Bonchev–Trinajstić information content (AvgIpc) is 2.94. The molecule has 1 aliphatic rings. The Balaban J connectivity index is 1.56. The summed E-state index contributed by atoms with van der Waals surface area (Å²) in [6, 6.07) is 11.0. The molecule has 102 valence electrons. The van der Waals surface area contributed by atoms with Gasteiger partial charge in [-0.1, -0.05) is 6.07 Å². The van der Waals surface area contributed by atoms with E-state index in [-0.39, 0.29) is 12.7 Å². The van der Waals surface area contributed by atoms with Crippen molar-refractivity contribution in [2.75, 3.05) is 12.1 Å². The number of carbonyl (C=O) groups is 1. The highest BCUT2D eigenvalue weighted by Gasteiger charge is 2.14. The number of rotatable bonds is 4. The van der Waals surface area contributed by atoms with E-state index in [1.807, 2.05) is 18.2 Å². The highest BCUT2D eigenvalue weighted by molar-refractivity contribution is 5.91. The first kappa shape index (κ1) is 12.5. The first-order valence-corrected chi connectivity index (χ1v) is 6.41. The lowest BCUT2D eigenvalue weighted by Crippen LogP contribution is -2.12. The lowest BCUT2D eigenvalue weighted by Gasteiger charge is -2.06. The number of amides is 1. The zero-order valence-electron chi connectivity index (χ0n) is 10.8. The van der Waals surface area contributed by atoms with Crippen LogP contribution in [-0.2, 0) is 11.2 Å². The molecule has 1 aliphatic heterocycles. The highest BCUT2D eigenvalue weighted by Crippen LogP contribution is 2.34. The van der Waals surface area contributed by atoms with E-state index in [2.05, 4.69) is 10.3 Å². The molecule has 2 heterocycles. The van der Waals surface area contributed by atoms with Crippen LogP contribution in [0.5, 0.6) is 11.5 Å². The summed E-state index contributed by atoms with van der Waals surface area (Å²) < 4.78 is 10.5. The molecule has 1 N–H and O–H groups in total. The van der Waals surface area contributed by atoms with Gasteiger partial charge in [0.25, 0.3) is 0 Å². The standard InChI is InChI=1S/C15H14N2O3/c18-15(7-5-11-3-1-2-8-16-11)17-12-4-6-13-14(9-12)20-10-19-13/h1-4,6,8-9H,5,7,10H2,(H,17,18). The quantitative estimate of drug-likeness (QED) is 0.926. The molecule has 1 aromatic heterocycles. The van der Waals surface area contributed by atoms with Crippen LogP contribution >= 0.6 is 0 Å². The van der Waals surface area contributed by atoms with Gasteiger partial charge in [-0.15, -0.1) is 0 Å². The second-order valence-electron chi connectivity index (χ2n) is 4.44. The number of aryl methyl sites for hydroxylation is 1. The minimum Gasteiger partial charge on any atom is -0.454 e. The van der Waals surface area contributed by atoms with Crippen LogP contribution in [-0.4, -0.2) is 17.7 Å². The lowest BCUT2D eigenvalue weighted by atomic mass is 10.2. The van der Waals surface area contributed by atoms with Gasteiger partial charge in [0.2, 0.25) is 12.7 Å². The van der Waals surface area contributed by atoms with Crippen LogP contribution in [0, 0.1) is 0 Å². The van der Waals surface area contributed by atoms with E-state index >= 15 is 0 Å². The van der Waals surface area contributed by atoms with Crippen molar-refractivity contribution < 1.29 is 14.3 Å². The molecule has 0 spiro atoms. The van der Waals surface area contributed by atoms with Crippen LogP contribution in [0.2, 0.25) is 0 Å². The predicted octanol–water partition coefficient (Wildman–Crippen LogP) is 2.38. The van der Waals surface area contributed by atoms with Crippen LogP contribution in [0.3, 0.4) is 0 Å². The summed E-state index contributed by atoms with van der Waals surface area (Å²) in [5.41, 5.74) is 1.62. The van der Waals surface area contributed by atoms with Gasteiger partial charge in [0, 0.05) is 30.1 Å². The van der Waals surface area contributed by atoms with E-state index in [9.17, 15) is 4.79 Å². The molecule has 1 aromatic carbocycles. The minimum atomic E-state index is -0.0467. The third-order valence-electron chi connectivity index (χ3n) is 2.99. The number of fused-ring (bicyclic) bond motifs is 1. The van der Waals surface area contributed by atoms with E-state index in [1.54, 1.807) is 24.4 Å². The van der Waals surface area contributed by atoms with Crippen molar-refractivity contribution in [1.82, 2.24) is 4.98 Å². The summed E-state index contributed by atoms with van der Waals surface area (Å²) >= 11 is 0. The molecule has 1 amide bonds. The van der Waals surface area contributed by atoms with Crippen LogP contribution in [0.15, 0.2) is 42.6 Å². The van der Waals surface area contributed by atoms with E-state index in [0.717, 1.165) is 5.69 Å². The Bertz CT molecular complexity index is 614. The average molecular weight is 270 g/mol. The fraction of sp³-hybridized carbons (Fsp3) is 0.200. The second kappa shape index (κ2) is 5.61. The van der Waals surface area contributed by atoms with E-state index in [0.29, 0.717) is 30.0 Å². The zero-order chi connectivity index (χ0) is 13.8. The SMILES string of the molecule is O=C(CCc1ccccn1)Nc1ccc2c(c1)OCO2. The monoisotopic (exact) mass is 270 g/mol. The lowest BCUT2D eigenvalue weighted by molar-refractivity contribution is -0.116. The summed E-state index contributed by atoms with van der Waals surface area (Å²) in [5, 5.41) is 2.84. The minimum absolute atomic E-state index is 0.0467. The third-order valence-corrected chi connectivity index (χ3v) is 2.99. The molecule has 0 radical (unpaired) electrons. The maximum atomic E-state index is 11.9. The van der Waals surface area contributed by atoms with Crippen molar-refractivity contribution in [3.8, 4) is 11.5 Å². The van der Waals surface area contributed by atoms with Gasteiger partial charge in [-0.3, -0.25) is 9.78 Å². The number of pyridine rings is 1. The van der Waals surface area contributed by atoms with Crippen molar-refractivity contribution in [1.29, 1.82) is 0 Å². The summed E-state index contributed by atoms with van der Waals surface area (Å²) in [5.74, 6) is 1.32. The van der Waals surface area contributed by atoms with Crippen LogP contribution in [0.4, 0.5) is 5.69 Å². The van der Waals surface area contributed by atoms with Gasteiger partial charge in [-0.25, -0.2) is 0 Å². The molecule has 2 aromatic rings. The van der Waals surface area contributed by atoms with Gasteiger partial charge in [-0.05, 0) is 30.7 Å². The van der Waals surface area contributed by atoms with Crippen LogP contribution in [0.25, 0.3) is 0 Å². The molecule has 0 fully saturated rings. The molecular formula is C15H14N2O3. The molecule has 0 saturated heterocycles. The molecule has 0 aliphatic carbocycles. The second-order valence-corrected chi connectivity index (χ2v) is 4.44. The molecule has 0 bridgehead atoms. The highest BCUT2D eigenvalue weighted by atomic mass is 16.7. The van der Waals surface area contributed by atoms with Gasteiger partial charge in [-0.2, -0.15) is 0 Å². The Morgan fingerprint density at radius 3 is 2.95 bits per heavy atom. The van der Waals surface area contributed by atoms with E-state index in [4.69, 9.17) is 9.47 Å². The van der Waals surface area contributed by atoms with Gasteiger partial charge in [0.15, 0.2) is 11.5 Å². The summed E-state index contributed by atoms with van der Waals surface area (Å²) in [4.78, 5) is 16.1. The molecule has 20 heavy (non-hydrogen) atoms. The van der Waals surface area contributed by atoms with E-state index in [1.165, 1.54) is 0 Å². The Hall–Kier alpha value is -2.56.